The highest BCUT2D eigenvalue weighted by Crippen LogP contribution is 2.48. The Morgan fingerprint density at radius 3 is 2.41 bits per heavy atom. The molecule has 0 aromatic heterocycles. The minimum absolute atomic E-state index is 0.0159. The van der Waals surface area contributed by atoms with Crippen LogP contribution in [0.1, 0.15) is 39.7 Å². The highest BCUT2D eigenvalue weighted by molar-refractivity contribution is 7.53. The Labute approximate surface area is 190 Å². The largest absolute Gasteiger partial charge is 0.510 e. The Bertz CT molecular complexity index is 717. The van der Waals surface area contributed by atoms with Gasteiger partial charge in [0.05, 0.1) is 12.7 Å². The summed E-state index contributed by atoms with van der Waals surface area (Å²) < 4.78 is 38.4. The van der Waals surface area contributed by atoms with Crippen LogP contribution in [-0.2, 0) is 34.4 Å². The van der Waals surface area contributed by atoms with Gasteiger partial charge >= 0.3 is 19.8 Å². The number of hydrogen-bond acceptors (Lipinski definition) is 9. The van der Waals surface area contributed by atoms with Crippen LogP contribution in [-0.4, -0.2) is 62.6 Å². The molecule has 0 spiro atoms. The second kappa shape index (κ2) is 15.6. The quantitative estimate of drug-likeness (QED) is 0.225. The molecule has 0 bridgehead atoms. The number of ether oxygens (including phenoxy) is 3. The third-order valence-corrected chi connectivity index (χ3v) is 5.80. The van der Waals surface area contributed by atoms with Crippen molar-refractivity contribution in [2.75, 3.05) is 39.3 Å². The molecule has 0 aliphatic carbocycles. The monoisotopic (exact) mass is 474 g/mol. The molecule has 0 heterocycles. The smallest absolute Gasteiger partial charge is 0.445 e. The predicted molar refractivity (Wildman–Crippen MR) is 119 cm³/mol. The zero-order chi connectivity index (χ0) is 23.8. The van der Waals surface area contributed by atoms with Gasteiger partial charge in [-0.3, -0.25) is 14.0 Å². The number of carbonyl (C=O) groups is 2. The fourth-order valence-corrected chi connectivity index (χ4v) is 4.22. The number of alkyl carbamates (subject to hydrolysis) is 1. The van der Waals surface area contributed by atoms with E-state index in [0.29, 0.717) is 13.1 Å². The van der Waals surface area contributed by atoms with Crippen molar-refractivity contribution < 1.29 is 37.4 Å². The molecule has 10 nitrogen and oxygen atoms in total. The zero-order valence-electron chi connectivity index (χ0n) is 19.3. The Kier molecular flexibility index (Phi) is 13.6. The van der Waals surface area contributed by atoms with E-state index in [4.69, 9.17) is 23.3 Å². The summed E-state index contributed by atoms with van der Waals surface area (Å²) in [5.74, 6) is 0. The van der Waals surface area contributed by atoms with Crippen LogP contribution >= 0.6 is 7.60 Å². The number of amides is 1. The highest BCUT2D eigenvalue weighted by atomic mass is 31.2. The van der Waals surface area contributed by atoms with E-state index in [9.17, 15) is 14.2 Å². The van der Waals surface area contributed by atoms with Gasteiger partial charge in [-0.2, -0.15) is 0 Å². The summed E-state index contributed by atoms with van der Waals surface area (Å²) >= 11 is 0. The van der Waals surface area contributed by atoms with Gasteiger partial charge in [-0.05, 0) is 39.3 Å². The fraction of sp³-hybridized carbons (Fsp3) is 0.619. The lowest BCUT2D eigenvalue weighted by molar-refractivity contribution is -0.0136. The summed E-state index contributed by atoms with van der Waals surface area (Å²) in [5.41, 5.74) is 0.893. The predicted octanol–water partition coefficient (Wildman–Crippen LogP) is 4.35. The van der Waals surface area contributed by atoms with Gasteiger partial charge in [-0.15, -0.1) is 0 Å². The third kappa shape index (κ3) is 12.7. The van der Waals surface area contributed by atoms with Crippen LogP contribution in [0.15, 0.2) is 30.3 Å². The first-order valence-corrected chi connectivity index (χ1v) is 12.4. The minimum Gasteiger partial charge on any atom is -0.445 e. The molecule has 182 valence electrons. The number of nitrogens with zero attached hydrogens (tertiary/aromatic N) is 1. The number of nitrogens with one attached hydrogen (secondary N) is 1. The lowest BCUT2D eigenvalue weighted by atomic mass is 10.2. The maximum atomic E-state index is 13.0. The summed E-state index contributed by atoms with van der Waals surface area (Å²) in [6.45, 7) is 8.13. The second-order valence-corrected chi connectivity index (χ2v) is 9.11. The SMILES string of the molecule is CCCN(CCNC(=O)OCc1ccccc1)CP(=O)(OCC)OCOC(=O)OC(C)C. The van der Waals surface area contributed by atoms with Gasteiger partial charge in [0.25, 0.3) is 0 Å². The first kappa shape index (κ1) is 27.9. The summed E-state index contributed by atoms with van der Waals surface area (Å²) in [6, 6.07) is 9.37. The van der Waals surface area contributed by atoms with Gasteiger partial charge in [-0.25, -0.2) is 9.59 Å². The number of hydrogen-bond donors (Lipinski definition) is 1. The van der Waals surface area contributed by atoms with E-state index in [1.807, 2.05) is 42.2 Å². The van der Waals surface area contributed by atoms with Crippen LogP contribution < -0.4 is 5.32 Å². The Hall–Kier alpha value is -2.13. The zero-order valence-corrected chi connectivity index (χ0v) is 20.2. The molecule has 0 aliphatic rings. The fourth-order valence-electron chi connectivity index (χ4n) is 2.60. The molecular weight excluding hydrogens is 439 g/mol. The molecular formula is C21H35N2O8P. The molecule has 0 fully saturated rings. The molecule has 0 saturated heterocycles. The van der Waals surface area contributed by atoms with Crippen LogP contribution in [0.2, 0.25) is 0 Å². The van der Waals surface area contributed by atoms with Crippen LogP contribution in [0.3, 0.4) is 0 Å². The maximum absolute atomic E-state index is 13.0. The number of benzene rings is 1. The minimum atomic E-state index is -3.56. The molecule has 32 heavy (non-hydrogen) atoms. The van der Waals surface area contributed by atoms with Crippen LogP contribution in [0.4, 0.5) is 9.59 Å². The van der Waals surface area contributed by atoms with Crippen molar-refractivity contribution in [3.8, 4) is 0 Å². The number of carbonyl (C=O) groups excluding carboxylic acids is 2. The number of rotatable bonds is 15. The molecule has 1 rings (SSSR count). The standard InChI is InChI=1S/C21H35N2O8P/c1-5-13-23(14-12-22-20(24)27-15-19-10-8-7-9-11-19)16-32(26,29-6-2)30-17-28-21(25)31-18(3)4/h7-11,18H,5-6,12-17H2,1-4H3,(H,22,24). The average molecular weight is 474 g/mol. The first-order valence-electron chi connectivity index (χ1n) is 10.7. The van der Waals surface area contributed by atoms with Crippen LogP contribution in [0.5, 0.6) is 0 Å². The van der Waals surface area contributed by atoms with Crippen molar-refractivity contribution in [1.82, 2.24) is 10.2 Å². The molecule has 1 N–H and O–H groups in total. The summed E-state index contributed by atoms with van der Waals surface area (Å²) in [4.78, 5) is 25.2. The Morgan fingerprint density at radius 1 is 1.06 bits per heavy atom. The lowest BCUT2D eigenvalue weighted by Crippen LogP contribution is -2.36. The molecule has 1 amide bonds. The topological polar surface area (TPSA) is 113 Å². The second-order valence-electron chi connectivity index (χ2n) is 7.08. The van der Waals surface area contributed by atoms with Gasteiger partial charge < -0.3 is 24.1 Å². The Morgan fingerprint density at radius 2 is 1.78 bits per heavy atom. The van der Waals surface area contributed by atoms with Crippen molar-refractivity contribution in [1.29, 1.82) is 0 Å². The van der Waals surface area contributed by atoms with Crippen LogP contribution in [0, 0.1) is 0 Å². The van der Waals surface area contributed by atoms with E-state index >= 15 is 0 Å². The van der Waals surface area contributed by atoms with E-state index in [1.54, 1.807) is 20.8 Å². The first-order chi connectivity index (χ1) is 15.3. The lowest BCUT2D eigenvalue weighted by Gasteiger charge is -2.26. The Balaban J connectivity index is 2.47. The molecule has 0 saturated carbocycles. The van der Waals surface area contributed by atoms with Gasteiger partial charge in [0.1, 0.15) is 12.9 Å². The average Bonchev–Trinajstić information content (AvgIpc) is 2.72. The van der Waals surface area contributed by atoms with E-state index in [-0.39, 0.29) is 32.1 Å². The van der Waals surface area contributed by atoms with Crippen molar-refractivity contribution in [3.05, 3.63) is 35.9 Å². The molecule has 1 aromatic rings. The molecule has 0 radical (unpaired) electrons. The summed E-state index contributed by atoms with van der Waals surface area (Å²) in [7, 11) is -3.56. The van der Waals surface area contributed by atoms with Crippen molar-refractivity contribution in [2.45, 2.75) is 46.8 Å². The van der Waals surface area contributed by atoms with Crippen molar-refractivity contribution in [2.24, 2.45) is 0 Å². The molecule has 11 heteroatoms. The van der Waals surface area contributed by atoms with Gasteiger partial charge in [0.15, 0.2) is 0 Å². The van der Waals surface area contributed by atoms with Gasteiger partial charge in [-0.1, -0.05) is 37.3 Å². The normalized spacial score (nSPS) is 12.9. The van der Waals surface area contributed by atoms with Crippen molar-refractivity contribution in [3.63, 3.8) is 0 Å². The van der Waals surface area contributed by atoms with Gasteiger partial charge in [0.2, 0.25) is 6.79 Å². The third-order valence-electron chi connectivity index (χ3n) is 3.91. The highest BCUT2D eigenvalue weighted by Gasteiger charge is 2.28. The summed E-state index contributed by atoms with van der Waals surface area (Å²) in [5, 5.41) is 2.68. The van der Waals surface area contributed by atoms with E-state index in [2.05, 4.69) is 5.32 Å². The molecule has 1 aromatic carbocycles. The van der Waals surface area contributed by atoms with E-state index in [0.717, 1.165) is 12.0 Å². The molecule has 0 aliphatic heterocycles. The van der Waals surface area contributed by atoms with E-state index < -0.39 is 26.6 Å². The maximum Gasteiger partial charge on any atom is 0.510 e. The van der Waals surface area contributed by atoms with Gasteiger partial charge in [0, 0.05) is 13.1 Å². The molecule has 1 unspecified atom stereocenters. The van der Waals surface area contributed by atoms with E-state index in [1.165, 1.54) is 0 Å². The molecule has 1 atom stereocenters. The van der Waals surface area contributed by atoms with Crippen molar-refractivity contribution >= 4 is 19.8 Å². The summed E-state index contributed by atoms with van der Waals surface area (Å²) in [6.07, 6.45) is -1.01. The van der Waals surface area contributed by atoms with Crippen LogP contribution in [0.25, 0.3) is 0 Å².